The minimum absolute atomic E-state index is 0.272. The highest BCUT2D eigenvalue weighted by molar-refractivity contribution is 7.13. The van der Waals surface area contributed by atoms with Crippen LogP contribution in [-0.2, 0) is 12.8 Å². The van der Waals surface area contributed by atoms with E-state index >= 15 is 0 Å². The molecule has 0 bridgehead atoms. The highest BCUT2D eigenvalue weighted by atomic mass is 32.1. The van der Waals surface area contributed by atoms with E-state index in [9.17, 15) is 9.90 Å². The van der Waals surface area contributed by atoms with Gasteiger partial charge >= 0.3 is 5.97 Å². The lowest BCUT2D eigenvalue weighted by molar-refractivity contribution is 0.0700. The van der Waals surface area contributed by atoms with Crippen molar-refractivity contribution in [1.82, 2.24) is 4.98 Å². The Bertz CT molecular complexity index is 561. The van der Waals surface area contributed by atoms with E-state index in [1.165, 1.54) is 16.9 Å². The van der Waals surface area contributed by atoms with E-state index in [2.05, 4.69) is 17.1 Å². The molecule has 100 valence electrons. The molecule has 0 aliphatic rings. The number of nitrogens with zero attached hydrogens (tertiary/aromatic N) is 1. The third-order valence-electron chi connectivity index (χ3n) is 2.90. The number of aryl methyl sites for hydroxylation is 2. The molecule has 0 spiro atoms. The quantitative estimate of drug-likeness (QED) is 0.904. The first-order valence-corrected chi connectivity index (χ1v) is 7.16. The Hall–Kier alpha value is -1.68. The van der Waals surface area contributed by atoms with Gasteiger partial charge in [0.1, 0.15) is 4.88 Å². The molecule has 2 rings (SSSR count). The molecule has 3 nitrogen and oxygen atoms in total. The van der Waals surface area contributed by atoms with Crippen LogP contribution in [0, 0.1) is 0 Å². The zero-order valence-corrected chi connectivity index (χ0v) is 11.9. The van der Waals surface area contributed by atoms with Crippen LogP contribution in [0.1, 0.15) is 45.7 Å². The summed E-state index contributed by atoms with van der Waals surface area (Å²) in [5, 5.41) is 10.1. The fraction of sp³-hybridized carbons (Fsp3) is 0.333. The Morgan fingerprint density at radius 1 is 1.26 bits per heavy atom. The zero-order valence-electron chi connectivity index (χ0n) is 11.1. The van der Waals surface area contributed by atoms with Gasteiger partial charge in [-0.3, -0.25) is 0 Å². The summed E-state index contributed by atoms with van der Waals surface area (Å²) in [6, 6.07) is 10.1. The number of hydrogen-bond donors (Lipinski definition) is 1. The number of benzene rings is 1. The van der Waals surface area contributed by atoms with Crippen molar-refractivity contribution in [1.29, 1.82) is 0 Å². The zero-order chi connectivity index (χ0) is 13.8. The Labute approximate surface area is 116 Å². The van der Waals surface area contributed by atoms with E-state index in [1.807, 2.05) is 32.0 Å². The molecule has 4 heteroatoms. The fourth-order valence-electron chi connectivity index (χ4n) is 1.86. The van der Waals surface area contributed by atoms with Gasteiger partial charge in [0.05, 0.1) is 10.7 Å². The maximum absolute atomic E-state index is 11.2. The number of carbonyl (C=O) groups is 1. The van der Waals surface area contributed by atoms with Crippen molar-refractivity contribution in [2.75, 3.05) is 0 Å². The molecular weight excluding hydrogens is 258 g/mol. The van der Waals surface area contributed by atoms with Crippen LogP contribution < -0.4 is 0 Å². The summed E-state index contributed by atoms with van der Waals surface area (Å²) in [6.45, 7) is 4.07. The number of aromatic carboxylic acids is 1. The highest BCUT2D eigenvalue weighted by Gasteiger charge is 2.18. The number of thiazole rings is 1. The Balaban J connectivity index is 2.17. The number of carboxylic acid groups (broad SMARTS) is 1. The van der Waals surface area contributed by atoms with Gasteiger partial charge in [-0.1, -0.05) is 44.2 Å². The van der Waals surface area contributed by atoms with Crippen molar-refractivity contribution in [2.24, 2.45) is 0 Å². The summed E-state index contributed by atoms with van der Waals surface area (Å²) in [6.07, 6.45) is 1.50. The lowest BCUT2D eigenvalue weighted by atomic mass is 10.1. The second-order valence-corrected chi connectivity index (χ2v) is 5.80. The van der Waals surface area contributed by atoms with Crippen LogP contribution in [0.25, 0.3) is 0 Å². The minimum Gasteiger partial charge on any atom is -0.477 e. The maximum Gasteiger partial charge on any atom is 0.347 e. The van der Waals surface area contributed by atoms with Crippen molar-refractivity contribution in [2.45, 2.75) is 32.6 Å². The first-order valence-electron chi connectivity index (χ1n) is 6.34. The van der Waals surface area contributed by atoms with Gasteiger partial charge in [0.25, 0.3) is 0 Å². The first kappa shape index (κ1) is 13.7. The third-order valence-corrected chi connectivity index (χ3v) is 4.28. The normalized spacial score (nSPS) is 10.9. The second-order valence-electron chi connectivity index (χ2n) is 4.77. The number of hydrogen-bond acceptors (Lipinski definition) is 3. The standard InChI is InChI=1S/C15H17NO2S/c1-10(2)14-16-12(13(19-14)15(17)18)9-8-11-6-4-3-5-7-11/h3-7,10H,8-9H2,1-2H3,(H,17,18). The SMILES string of the molecule is CC(C)c1nc(CCc2ccccc2)c(C(=O)O)s1. The molecule has 1 aromatic carbocycles. The van der Waals surface area contributed by atoms with Gasteiger partial charge in [0.2, 0.25) is 0 Å². The van der Waals surface area contributed by atoms with Crippen molar-refractivity contribution in [3.8, 4) is 0 Å². The van der Waals surface area contributed by atoms with Crippen LogP contribution >= 0.6 is 11.3 Å². The molecule has 1 heterocycles. The smallest absolute Gasteiger partial charge is 0.347 e. The summed E-state index contributed by atoms with van der Waals surface area (Å²) >= 11 is 1.30. The fourth-order valence-corrected chi connectivity index (χ4v) is 2.81. The monoisotopic (exact) mass is 275 g/mol. The van der Waals surface area contributed by atoms with Crippen molar-refractivity contribution in [3.05, 3.63) is 51.5 Å². The molecule has 0 aliphatic heterocycles. The van der Waals surface area contributed by atoms with E-state index in [-0.39, 0.29) is 5.92 Å². The van der Waals surface area contributed by atoms with Crippen LogP contribution in [0.5, 0.6) is 0 Å². The molecule has 2 aromatic rings. The topological polar surface area (TPSA) is 50.2 Å². The summed E-state index contributed by atoms with van der Waals surface area (Å²) in [5.74, 6) is -0.596. The van der Waals surface area contributed by atoms with E-state index in [0.717, 1.165) is 11.4 Å². The predicted molar refractivity (Wildman–Crippen MR) is 77.0 cm³/mol. The number of carboxylic acids is 1. The Morgan fingerprint density at radius 2 is 1.95 bits per heavy atom. The molecule has 0 aliphatic carbocycles. The number of rotatable bonds is 5. The van der Waals surface area contributed by atoms with Gasteiger partial charge in [-0.05, 0) is 18.4 Å². The van der Waals surface area contributed by atoms with Gasteiger partial charge < -0.3 is 5.11 Å². The summed E-state index contributed by atoms with van der Waals surface area (Å²) in [4.78, 5) is 16.1. The molecule has 0 amide bonds. The van der Waals surface area contributed by atoms with Gasteiger partial charge in [-0.2, -0.15) is 0 Å². The van der Waals surface area contributed by atoms with Gasteiger partial charge in [0, 0.05) is 5.92 Å². The van der Waals surface area contributed by atoms with Gasteiger partial charge in [-0.15, -0.1) is 11.3 Å². The average molecular weight is 275 g/mol. The van der Waals surface area contributed by atoms with Crippen molar-refractivity contribution in [3.63, 3.8) is 0 Å². The predicted octanol–water partition coefficient (Wildman–Crippen LogP) is 3.75. The molecule has 0 unspecified atom stereocenters. The lowest BCUT2D eigenvalue weighted by Crippen LogP contribution is -2.01. The van der Waals surface area contributed by atoms with Crippen LogP contribution in [0.4, 0.5) is 0 Å². The second kappa shape index (κ2) is 5.97. The minimum atomic E-state index is -0.868. The lowest BCUT2D eigenvalue weighted by Gasteiger charge is -2.00. The van der Waals surface area contributed by atoms with Gasteiger partial charge in [-0.25, -0.2) is 9.78 Å². The highest BCUT2D eigenvalue weighted by Crippen LogP contribution is 2.25. The van der Waals surface area contributed by atoms with Crippen molar-refractivity contribution < 1.29 is 9.90 Å². The van der Waals surface area contributed by atoms with Crippen LogP contribution in [0.3, 0.4) is 0 Å². The largest absolute Gasteiger partial charge is 0.477 e. The van der Waals surface area contributed by atoms with E-state index in [0.29, 0.717) is 17.0 Å². The molecule has 0 saturated heterocycles. The average Bonchev–Trinajstić information content (AvgIpc) is 2.82. The van der Waals surface area contributed by atoms with Gasteiger partial charge in [0.15, 0.2) is 0 Å². The summed E-state index contributed by atoms with van der Waals surface area (Å²) in [5.41, 5.74) is 1.92. The molecule has 0 fully saturated rings. The molecule has 1 N–H and O–H groups in total. The molecule has 0 radical (unpaired) electrons. The molecule has 0 atom stereocenters. The Kier molecular flexibility index (Phi) is 4.32. The van der Waals surface area contributed by atoms with E-state index in [1.54, 1.807) is 0 Å². The number of aromatic nitrogens is 1. The summed E-state index contributed by atoms with van der Waals surface area (Å²) in [7, 11) is 0. The maximum atomic E-state index is 11.2. The summed E-state index contributed by atoms with van der Waals surface area (Å²) < 4.78 is 0. The van der Waals surface area contributed by atoms with Crippen LogP contribution in [0.2, 0.25) is 0 Å². The molecule has 1 aromatic heterocycles. The molecular formula is C15H17NO2S. The van der Waals surface area contributed by atoms with Crippen LogP contribution in [-0.4, -0.2) is 16.1 Å². The van der Waals surface area contributed by atoms with Crippen LogP contribution in [0.15, 0.2) is 30.3 Å². The van der Waals surface area contributed by atoms with Crippen molar-refractivity contribution >= 4 is 17.3 Å². The van der Waals surface area contributed by atoms with E-state index < -0.39 is 5.97 Å². The third kappa shape index (κ3) is 3.41. The molecule has 19 heavy (non-hydrogen) atoms. The first-order chi connectivity index (χ1) is 9.08. The molecule has 0 saturated carbocycles. The van der Waals surface area contributed by atoms with E-state index in [4.69, 9.17) is 0 Å². The Morgan fingerprint density at radius 3 is 2.53 bits per heavy atom.